The number of ether oxygens (including phenoxy) is 1. The number of likely N-dealkylation sites (N-methyl/N-ethyl adjacent to an activating group) is 1. The molecule has 0 radical (unpaired) electrons. The molecule has 0 bridgehead atoms. The van der Waals surface area contributed by atoms with Gasteiger partial charge >= 0.3 is 0 Å². The predicted octanol–water partition coefficient (Wildman–Crippen LogP) is 2.83. The van der Waals surface area contributed by atoms with Crippen molar-refractivity contribution in [2.45, 2.75) is 24.7 Å². The minimum Gasteiger partial charge on any atom is -0.366 e. The Morgan fingerprint density at radius 3 is 3.20 bits per heavy atom. The fraction of sp³-hybridized carbons (Fsp3) is 0.500. The van der Waals surface area contributed by atoms with Crippen LogP contribution in [0.1, 0.15) is 17.2 Å². The number of morpholine rings is 1. The topological polar surface area (TPSA) is 28.3 Å². The summed E-state index contributed by atoms with van der Waals surface area (Å²) in [7, 11) is 2.24. The molecule has 2 aromatic rings. The van der Waals surface area contributed by atoms with Gasteiger partial charge in [-0.05, 0) is 36.9 Å². The van der Waals surface area contributed by atoms with Crippen LogP contribution >= 0.6 is 11.8 Å². The predicted molar refractivity (Wildman–Crippen MR) is 84.4 cm³/mol. The van der Waals surface area contributed by atoms with Gasteiger partial charge in [0.25, 0.3) is 0 Å². The number of hydrogen-bond acceptors (Lipinski definition) is 3. The summed E-state index contributed by atoms with van der Waals surface area (Å²) in [6.07, 6.45) is 5.97. The van der Waals surface area contributed by atoms with Crippen molar-refractivity contribution in [1.29, 1.82) is 0 Å². The smallest absolute Gasteiger partial charge is 0.0994 e. The van der Waals surface area contributed by atoms with E-state index in [9.17, 15) is 0 Å². The van der Waals surface area contributed by atoms with E-state index in [0.717, 1.165) is 18.7 Å². The molecule has 1 saturated heterocycles. The summed E-state index contributed by atoms with van der Waals surface area (Å²) in [6.45, 7) is 1.04. The number of nitrogens with one attached hydrogen (secondary N) is 1. The van der Waals surface area contributed by atoms with Crippen molar-refractivity contribution < 1.29 is 4.74 Å². The van der Waals surface area contributed by atoms with E-state index in [-0.39, 0.29) is 6.10 Å². The Bertz CT molecular complexity index is 638. The maximum atomic E-state index is 6.44. The second kappa shape index (κ2) is 4.79. The summed E-state index contributed by atoms with van der Waals surface area (Å²) < 4.78 is 6.44. The number of nitrogens with zero attached hydrogens (tertiary/aromatic N) is 1. The SMILES string of the molecule is CSCC1CN(C)C2Cc3c[nH]c4cccc(c34)C2O1. The molecular weight excluding hydrogens is 268 g/mol. The lowest BCUT2D eigenvalue weighted by atomic mass is 9.85. The lowest BCUT2D eigenvalue weighted by Gasteiger charge is -2.45. The molecule has 4 heteroatoms. The van der Waals surface area contributed by atoms with Gasteiger partial charge in [-0.25, -0.2) is 0 Å². The van der Waals surface area contributed by atoms with Crippen molar-refractivity contribution in [3.63, 3.8) is 0 Å². The average molecular weight is 288 g/mol. The van der Waals surface area contributed by atoms with Crippen LogP contribution in [0.5, 0.6) is 0 Å². The summed E-state index contributed by atoms with van der Waals surface area (Å²) in [5.74, 6) is 1.07. The van der Waals surface area contributed by atoms with E-state index in [1.54, 1.807) is 0 Å². The minimum atomic E-state index is 0.220. The first-order valence-electron chi connectivity index (χ1n) is 7.21. The summed E-state index contributed by atoms with van der Waals surface area (Å²) >= 11 is 1.87. The quantitative estimate of drug-likeness (QED) is 0.921. The highest BCUT2D eigenvalue weighted by Crippen LogP contribution is 2.42. The Labute approximate surface area is 123 Å². The maximum absolute atomic E-state index is 6.44. The molecule has 1 aliphatic heterocycles. The van der Waals surface area contributed by atoms with Gasteiger partial charge in [-0.3, -0.25) is 4.90 Å². The zero-order valence-electron chi connectivity index (χ0n) is 11.9. The largest absolute Gasteiger partial charge is 0.366 e. The Morgan fingerprint density at radius 1 is 1.45 bits per heavy atom. The summed E-state index contributed by atoms with van der Waals surface area (Å²) in [5.41, 5.74) is 4.05. The number of hydrogen-bond donors (Lipinski definition) is 1. The average Bonchev–Trinajstić information content (AvgIpc) is 2.86. The van der Waals surface area contributed by atoms with E-state index in [1.807, 2.05) is 11.8 Å². The van der Waals surface area contributed by atoms with Gasteiger partial charge in [0.1, 0.15) is 0 Å². The van der Waals surface area contributed by atoms with Crippen LogP contribution in [0, 0.1) is 0 Å². The second-order valence-electron chi connectivity index (χ2n) is 5.93. The number of aromatic amines is 1. The van der Waals surface area contributed by atoms with Crippen molar-refractivity contribution >= 4 is 22.7 Å². The van der Waals surface area contributed by atoms with Gasteiger partial charge in [0, 0.05) is 35.4 Å². The Morgan fingerprint density at radius 2 is 2.35 bits per heavy atom. The van der Waals surface area contributed by atoms with Crippen molar-refractivity contribution in [3.8, 4) is 0 Å². The number of H-pyrrole nitrogens is 1. The van der Waals surface area contributed by atoms with Gasteiger partial charge in [-0.1, -0.05) is 12.1 Å². The molecule has 1 aromatic carbocycles. The molecule has 0 amide bonds. The van der Waals surface area contributed by atoms with Crippen molar-refractivity contribution in [3.05, 3.63) is 35.5 Å². The zero-order valence-corrected chi connectivity index (χ0v) is 12.7. The molecule has 1 fully saturated rings. The maximum Gasteiger partial charge on any atom is 0.0994 e. The molecule has 1 N–H and O–H groups in total. The summed E-state index contributed by atoms with van der Waals surface area (Å²) in [6, 6.07) is 7.02. The van der Waals surface area contributed by atoms with Gasteiger partial charge in [0.05, 0.1) is 12.2 Å². The van der Waals surface area contributed by atoms with Crippen molar-refractivity contribution in [1.82, 2.24) is 9.88 Å². The Balaban J connectivity index is 1.79. The van der Waals surface area contributed by atoms with Crippen LogP contribution in [-0.2, 0) is 11.2 Å². The van der Waals surface area contributed by atoms with Crippen LogP contribution < -0.4 is 0 Å². The van der Waals surface area contributed by atoms with E-state index in [1.165, 1.54) is 22.0 Å². The lowest BCUT2D eigenvalue weighted by molar-refractivity contribution is -0.106. The van der Waals surface area contributed by atoms with Gasteiger partial charge in [0.15, 0.2) is 0 Å². The molecule has 2 heterocycles. The standard InChI is InChI=1S/C16H20N2OS/c1-18-8-11(9-20-2)19-16-12-4-3-5-13-15(12)10(7-17-13)6-14(16)18/h3-5,7,11,14,16-17H,6,8-9H2,1-2H3. The molecule has 1 aromatic heterocycles. The first kappa shape index (κ1) is 12.7. The fourth-order valence-corrected chi connectivity index (χ4v) is 4.32. The van der Waals surface area contributed by atoms with Gasteiger partial charge in [0.2, 0.25) is 0 Å². The summed E-state index contributed by atoms with van der Waals surface area (Å²) in [4.78, 5) is 5.89. The van der Waals surface area contributed by atoms with Crippen LogP contribution in [0.2, 0.25) is 0 Å². The number of fused-ring (bicyclic) bond motifs is 2. The van der Waals surface area contributed by atoms with E-state index in [2.05, 4.69) is 47.6 Å². The molecule has 2 aliphatic rings. The minimum absolute atomic E-state index is 0.220. The Kier molecular flexibility index (Phi) is 3.05. The number of rotatable bonds is 2. The van der Waals surface area contributed by atoms with E-state index in [0.29, 0.717) is 12.1 Å². The molecule has 1 aliphatic carbocycles. The highest BCUT2D eigenvalue weighted by Gasteiger charge is 2.39. The highest BCUT2D eigenvalue weighted by atomic mass is 32.2. The fourth-order valence-electron chi connectivity index (χ4n) is 3.76. The van der Waals surface area contributed by atoms with Crippen LogP contribution in [0.4, 0.5) is 0 Å². The van der Waals surface area contributed by atoms with Crippen LogP contribution in [0.15, 0.2) is 24.4 Å². The second-order valence-corrected chi connectivity index (χ2v) is 6.84. The van der Waals surface area contributed by atoms with Crippen molar-refractivity contribution in [2.24, 2.45) is 0 Å². The monoisotopic (exact) mass is 288 g/mol. The van der Waals surface area contributed by atoms with Crippen molar-refractivity contribution in [2.75, 3.05) is 25.6 Å². The molecule has 3 atom stereocenters. The van der Waals surface area contributed by atoms with E-state index >= 15 is 0 Å². The molecule has 4 rings (SSSR count). The third kappa shape index (κ3) is 1.82. The summed E-state index contributed by atoms with van der Waals surface area (Å²) in [5, 5.41) is 1.40. The molecule has 106 valence electrons. The van der Waals surface area contributed by atoms with Gasteiger partial charge < -0.3 is 9.72 Å². The third-order valence-corrected chi connectivity index (χ3v) is 5.36. The molecule has 20 heavy (non-hydrogen) atoms. The number of aromatic nitrogens is 1. The van der Waals surface area contributed by atoms with Gasteiger partial charge in [-0.15, -0.1) is 0 Å². The van der Waals surface area contributed by atoms with Gasteiger partial charge in [-0.2, -0.15) is 11.8 Å². The number of thioether (sulfide) groups is 1. The molecule has 0 spiro atoms. The van der Waals surface area contributed by atoms with Crippen LogP contribution in [0.3, 0.4) is 0 Å². The van der Waals surface area contributed by atoms with E-state index in [4.69, 9.17) is 4.74 Å². The molecule has 0 saturated carbocycles. The van der Waals surface area contributed by atoms with Crippen LogP contribution in [0.25, 0.3) is 10.9 Å². The zero-order chi connectivity index (χ0) is 13.7. The Hall–Kier alpha value is -0.970. The third-order valence-electron chi connectivity index (χ3n) is 4.65. The first-order chi connectivity index (χ1) is 9.78. The highest BCUT2D eigenvalue weighted by molar-refractivity contribution is 7.98. The van der Waals surface area contributed by atoms with E-state index < -0.39 is 0 Å². The normalized spacial score (nSPS) is 29.6. The van der Waals surface area contributed by atoms with Crippen LogP contribution in [-0.4, -0.2) is 47.6 Å². The number of benzene rings is 1. The molecular formula is C16H20N2OS. The molecule has 3 nitrogen and oxygen atoms in total. The molecule has 3 unspecified atom stereocenters. The lowest BCUT2D eigenvalue weighted by Crippen LogP contribution is -2.51. The first-order valence-corrected chi connectivity index (χ1v) is 8.61.